The third-order valence-corrected chi connectivity index (χ3v) is 2.65. The van der Waals surface area contributed by atoms with Crippen molar-refractivity contribution in [2.24, 2.45) is 0 Å². The van der Waals surface area contributed by atoms with Crippen LogP contribution in [0.1, 0.15) is 33.3 Å². The van der Waals surface area contributed by atoms with Crippen LogP contribution >= 0.6 is 22.6 Å². The van der Waals surface area contributed by atoms with Crippen LogP contribution in [-0.4, -0.2) is 17.3 Å². The number of rotatable bonds is 3. The summed E-state index contributed by atoms with van der Waals surface area (Å²) in [6.07, 6.45) is 0. The van der Waals surface area contributed by atoms with Gasteiger partial charge in [0.05, 0.1) is 6.61 Å². The summed E-state index contributed by atoms with van der Waals surface area (Å²) in [6, 6.07) is 6.01. The maximum Gasteiger partial charge on any atom is 0.121 e. The largest absolute Gasteiger partial charge is 0.488 e. The molecule has 0 aliphatic carbocycles. The van der Waals surface area contributed by atoms with Crippen molar-refractivity contribution in [2.75, 3.05) is 6.61 Å². The minimum absolute atomic E-state index is 0.0784. The van der Waals surface area contributed by atoms with Crippen molar-refractivity contribution in [3.8, 4) is 5.75 Å². The number of hydrogen-bond acceptors (Lipinski definition) is 2. The standard InChI is InChI=1S/C13H18IO2/c1-9(8-15)10-5-11(14)7-12(6-10)16-13(2,3)4/h5-7,15H,8H2,1-4H3. The van der Waals surface area contributed by atoms with Gasteiger partial charge in [0.15, 0.2) is 0 Å². The Morgan fingerprint density at radius 2 is 1.94 bits per heavy atom. The third kappa shape index (κ3) is 4.29. The Labute approximate surface area is 111 Å². The van der Waals surface area contributed by atoms with E-state index in [1.807, 2.05) is 45.9 Å². The molecule has 0 unspecified atom stereocenters. The average molecular weight is 333 g/mol. The molecule has 0 amide bonds. The van der Waals surface area contributed by atoms with E-state index in [2.05, 4.69) is 22.6 Å². The predicted molar refractivity (Wildman–Crippen MR) is 74.6 cm³/mol. The highest BCUT2D eigenvalue weighted by atomic mass is 127. The Morgan fingerprint density at radius 1 is 1.31 bits per heavy atom. The van der Waals surface area contributed by atoms with E-state index in [1.165, 1.54) is 0 Å². The summed E-state index contributed by atoms with van der Waals surface area (Å²) in [5.74, 6) is 1.81. The van der Waals surface area contributed by atoms with Gasteiger partial charge in [-0.15, -0.1) is 0 Å². The molecule has 1 aromatic rings. The van der Waals surface area contributed by atoms with Gasteiger partial charge in [0.25, 0.3) is 0 Å². The van der Waals surface area contributed by atoms with Gasteiger partial charge < -0.3 is 9.84 Å². The molecule has 3 heteroatoms. The first kappa shape index (κ1) is 13.8. The van der Waals surface area contributed by atoms with Crippen molar-refractivity contribution in [3.63, 3.8) is 0 Å². The fourth-order valence-electron chi connectivity index (χ4n) is 1.31. The molecular weight excluding hydrogens is 315 g/mol. The first-order valence-electron chi connectivity index (χ1n) is 5.25. The van der Waals surface area contributed by atoms with Crippen LogP contribution in [0.25, 0.3) is 0 Å². The van der Waals surface area contributed by atoms with Crippen LogP contribution in [-0.2, 0) is 0 Å². The molecule has 2 nitrogen and oxygen atoms in total. The van der Waals surface area contributed by atoms with Gasteiger partial charge in [-0.05, 0) is 67.1 Å². The molecule has 0 aliphatic rings. The minimum atomic E-state index is -0.200. The van der Waals surface area contributed by atoms with Crippen LogP contribution < -0.4 is 4.74 Å². The summed E-state index contributed by atoms with van der Waals surface area (Å²) >= 11 is 2.26. The van der Waals surface area contributed by atoms with Crippen LogP contribution in [0.3, 0.4) is 0 Å². The van der Waals surface area contributed by atoms with E-state index in [0.29, 0.717) is 0 Å². The second-order valence-corrected chi connectivity index (χ2v) is 6.07. The Hall–Kier alpha value is -0.290. The fraction of sp³-hybridized carbons (Fsp3) is 0.462. The zero-order chi connectivity index (χ0) is 12.3. The number of ether oxygens (including phenoxy) is 1. The summed E-state index contributed by atoms with van der Waals surface area (Å²) in [7, 11) is 0. The molecule has 0 heterocycles. The van der Waals surface area contributed by atoms with Crippen LogP contribution in [0.15, 0.2) is 18.2 Å². The van der Waals surface area contributed by atoms with Gasteiger partial charge in [0, 0.05) is 9.49 Å². The predicted octanol–water partition coefficient (Wildman–Crippen LogP) is 3.40. The highest BCUT2D eigenvalue weighted by Gasteiger charge is 2.14. The monoisotopic (exact) mass is 333 g/mol. The van der Waals surface area contributed by atoms with Gasteiger partial charge in [-0.2, -0.15) is 0 Å². The molecule has 0 saturated carbocycles. The summed E-state index contributed by atoms with van der Waals surface area (Å²) in [5.41, 5.74) is 0.836. The van der Waals surface area contributed by atoms with Crippen molar-refractivity contribution in [2.45, 2.75) is 33.3 Å². The van der Waals surface area contributed by atoms with Crippen molar-refractivity contribution < 1.29 is 9.84 Å². The molecular formula is C13H18IO2. The van der Waals surface area contributed by atoms with Gasteiger partial charge in [0.1, 0.15) is 11.4 Å². The molecule has 0 fully saturated rings. The molecule has 1 radical (unpaired) electrons. The zero-order valence-electron chi connectivity index (χ0n) is 10.2. The van der Waals surface area contributed by atoms with Crippen LogP contribution in [0, 0.1) is 9.49 Å². The molecule has 1 N–H and O–H groups in total. The highest BCUT2D eigenvalue weighted by Crippen LogP contribution is 2.26. The van der Waals surface area contributed by atoms with E-state index in [9.17, 15) is 0 Å². The summed E-state index contributed by atoms with van der Waals surface area (Å²) in [6.45, 7) is 8.07. The summed E-state index contributed by atoms with van der Waals surface area (Å²) in [5, 5.41) is 9.12. The lowest BCUT2D eigenvalue weighted by Gasteiger charge is -2.22. The highest BCUT2D eigenvalue weighted by molar-refractivity contribution is 14.1. The van der Waals surface area contributed by atoms with E-state index in [0.717, 1.165) is 20.8 Å². The van der Waals surface area contributed by atoms with E-state index in [1.54, 1.807) is 0 Å². The zero-order valence-corrected chi connectivity index (χ0v) is 12.3. The maximum absolute atomic E-state index is 9.12. The van der Waals surface area contributed by atoms with Crippen molar-refractivity contribution in [1.29, 1.82) is 0 Å². The van der Waals surface area contributed by atoms with Crippen LogP contribution in [0.2, 0.25) is 0 Å². The first-order chi connectivity index (χ1) is 7.31. The molecule has 0 aliphatic heterocycles. The molecule has 1 aromatic carbocycles. The minimum Gasteiger partial charge on any atom is -0.488 e. The lowest BCUT2D eigenvalue weighted by Crippen LogP contribution is -2.23. The average Bonchev–Trinajstić information content (AvgIpc) is 2.12. The van der Waals surface area contributed by atoms with E-state index in [4.69, 9.17) is 9.84 Å². The third-order valence-electron chi connectivity index (χ3n) is 2.03. The van der Waals surface area contributed by atoms with Crippen LogP contribution in [0.5, 0.6) is 5.75 Å². The Balaban J connectivity index is 2.99. The molecule has 0 aromatic heterocycles. The summed E-state index contributed by atoms with van der Waals surface area (Å²) in [4.78, 5) is 0. The van der Waals surface area contributed by atoms with E-state index in [-0.39, 0.29) is 12.2 Å². The Morgan fingerprint density at radius 3 is 2.44 bits per heavy atom. The second kappa shape index (κ2) is 5.36. The van der Waals surface area contributed by atoms with Crippen molar-refractivity contribution in [1.82, 2.24) is 0 Å². The second-order valence-electron chi connectivity index (χ2n) is 4.83. The molecule has 0 atom stereocenters. The molecule has 0 saturated heterocycles. The first-order valence-corrected chi connectivity index (χ1v) is 6.33. The van der Waals surface area contributed by atoms with Gasteiger partial charge in [-0.1, -0.05) is 6.92 Å². The summed E-state index contributed by atoms with van der Waals surface area (Å²) < 4.78 is 6.93. The Kier molecular flexibility index (Phi) is 4.62. The number of aliphatic hydroxyl groups is 1. The molecule has 89 valence electrons. The number of benzene rings is 1. The van der Waals surface area contributed by atoms with Crippen LogP contribution in [0.4, 0.5) is 0 Å². The Bertz CT molecular complexity index is 355. The molecule has 16 heavy (non-hydrogen) atoms. The number of hydrogen-bond donors (Lipinski definition) is 1. The lowest BCUT2D eigenvalue weighted by molar-refractivity contribution is 0.130. The van der Waals surface area contributed by atoms with E-state index >= 15 is 0 Å². The van der Waals surface area contributed by atoms with Gasteiger partial charge in [-0.25, -0.2) is 0 Å². The normalized spacial score (nSPS) is 11.9. The SMILES string of the molecule is C[C](CO)c1cc(I)cc(OC(C)(C)C)c1. The van der Waals surface area contributed by atoms with Gasteiger partial charge >= 0.3 is 0 Å². The molecule has 0 spiro atoms. The smallest absolute Gasteiger partial charge is 0.121 e. The fourth-order valence-corrected chi connectivity index (χ4v) is 1.96. The quantitative estimate of drug-likeness (QED) is 0.859. The lowest BCUT2D eigenvalue weighted by atomic mass is 10.0. The number of halogens is 1. The molecule has 0 bridgehead atoms. The van der Waals surface area contributed by atoms with Gasteiger partial charge in [-0.3, -0.25) is 0 Å². The van der Waals surface area contributed by atoms with Crippen molar-refractivity contribution >= 4 is 22.6 Å². The van der Waals surface area contributed by atoms with Gasteiger partial charge in [0.2, 0.25) is 0 Å². The maximum atomic E-state index is 9.12. The van der Waals surface area contributed by atoms with Crippen molar-refractivity contribution in [3.05, 3.63) is 33.3 Å². The molecule has 1 rings (SSSR count). The topological polar surface area (TPSA) is 29.5 Å². The number of aliphatic hydroxyl groups excluding tert-OH is 1. The van der Waals surface area contributed by atoms with E-state index < -0.39 is 0 Å².